The van der Waals surface area contributed by atoms with E-state index in [2.05, 4.69) is 6.58 Å². The van der Waals surface area contributed by atoms with Gasteiger partial charge in [0.15, 0.2) is 0 Å². The third kappa shape index (κ3) is 4.60. The van der Waals surface area contributed by atoms with Gasteiger partial charge in [0, 0.05) is 20.1 Å². The molecule has 4 nitrogen and oxygen atoms in total. The average Bonchev–Trinajstić information content (AvgIpc) is 2.52. The van der Waals surface area contributed by atoms with E-state index in [0.29, 0.717) is 19.7 Å². The molecule has 0 aliphatic rings. The van der Waals surface area contributed by atoms with Gasteiger partial charge >= 0.3 is 0 Å². The van der Waals surface area contributed by atoms with Gasteiger partial charge in [0.2, 0.25) is 5.91 Å². The zero-order chi connectivity index (χ0) is 15.9. The summed E-state index contributed by atoms with van der Waals surface area (Å²) in [5.74, 6) is 0.882. The van der Waals surface area contributed by atoms with Gasteiger partial charge in [0.05, 0.1) is 5.41 Å². The first kappa shape index (κ1) is 17.2. The molecule has 1 rings (SSSR count). The predicted molar refractivity (Wildman–Crippen MR) is 86.1 cm³/mol. The fraction of sp³-hybridized carbons (Fsp3) is 0.471. The normalized spacial score (nSPS) is 13.3. The van der Waals surface area contributed by atoms with Crippen LogP contribution in [0.4, 0.5) is 0 Å². The van der Waals surface area contributed by atoms with Gasteiger partial charge in [0.25, 0.3) is 0 Å². The molecule has 0 saturated carbocycles. The van der Waals surface area contributed by atoms with Crippen LogP contribution in [0.5, 0.6) is 5.75 Å². The van der Waals surface area contributed by atoms with Crippen LogP contribution < -0.4 is 10.5 Å². The van der Waals surface area contributed by atoms with Gasteiger partial charge in [-0.05, 0) is 31.0 Å². The number of carbonyl (C=O) groups is 1. The number of carbonyl (C=O) groups excluding carboxylic acids is 1. The van der Waals surface area contributed by atoms with Crippen molar-refractivity contribution in [2.24, 2.45) is 11.1 Å². The highest BCUT2D eigenvalue weighted by molar-refractivity contribution is 5.82. The van der Waals surface area contributed by atoms with Crippen molar-refractivity contribution in [1.82, 2.24) is 4.90 Å². The van der Waals surface area contributed by atoms with Gasteiger partial charge in [-0.2, -0.15) is 0 Å². The van der Waals surface area contributed by atoms with E-state index in [1.165, 1.54) is 0 Å². The lowest BCUT2D eigenvalue weighted by atomic mass is 9.86. The Hall–Kier alpha value is -1.81. The second-order valence-corrected chi connectivity index (χ2v) is 5.52. The number of rotatable bonds is 8. The first-order valence-electron chi connectivity index (χ1n) is 7.25. The summed E-state index contributed by atoms with van der Waals surface area (Å²) >= 11 is 0. The van der Waals surface area contributed by atoms with Gasteiger partial charge in [-0.3, -0.25) is 4.79 Å². The third-order valence-corrected chi connectivity index (χ3v) is 3.80. The zero-order valence-electron chi connectivity index (χ0n) is 13.3. The summed E-state index contributed by atoms with van der Waals surface area (Å²) in [7, 11) is 1.81. The molecule has 1 aromatic rings. The summed E-state index contributed by atoms with van der Waals surface area (Å²) in [5, 5.41) is 0. The fourth-order valence-corrected chi connectivity index (χ4v) is 2.04. The molecule has 0 aliphatic heterocycles. The SMILES string of the molecule is C=CCOc1ccc(CN(C)C(=O)C(C)(CC)CN)cc1. The first-order chi connectivity index (χ1) is 9.96. The molecule has 0 aromatic heterocycles. The van der Waals surface area contributed by atoms with Crippen LogP contribution in [-0.4, -0.2) is 31.0 Å². The standard InChI is InChI=1S/C17H26N2O2/c1-5-11-21-15-9-7-14(8-10-15)12-19(4)16(20)17(3,6-2)13-18/h5,7-10H,1,6,11-13,18H2,2-4H3. The second-order valence-electron chi connectivity index (χ2n) is 5.52. The van der Waals surface area contributed by atoms with Gasteiger partial charge in [0.1, 0.15) is 12.4 Å². The first-order valence-corrected chi connectivity index (χ1v) is 7.25. The molecule has 1 atom stereocenters. The van der Waals surface area contributed by atoms with E-state index in [1.54, 1.807) is 11.0 Å². The minimum atomic E-state index is -0.484. The number of nitrogens with two attached hydrogens (primary N) is 1. The number of benzene rings is 1. The van der Waals surface area contributed by atoms with Crippen LogP contribution >= 0.6 is 0 Å². The summed E-state index contributed by atoms with van der Waals surface area (Å²) in [5.41, 5.74) is 6.32. The Morgan fingerprint density at radius 1 is 1.43 bits per heavy atom. The Morgan fingerprint density at radius 3 is 2.52 bits per heavy atom. The van der Waals surface area contributed by atoms with E-state index in [4.69, 9.17) is 10.5 Å². The molecular weight excluding hydrogens is 264 g/mol. The lowest BCUT2D eigenvalue weighted by Gasteiger charge is -2.30. The molecule has 116 valence electrons. The quantitative estimate of drug-likeness (QED) is 0.749. The Bertz CT molecular complexity index is 464. The lowest BCUT2D eigenvalue weighted by molar-refractivity contribution is -0.140. The Morgan fingerprint density at radius 2 is 2.05 bits per heavy atom. The molecule has 0 aliphatic carbocycles. The van der Waals surface area contributed by atoms with Crippen molar-refractivity contribution in [3.05, 3.63) is 42.5 Å². The molecule has 0 saturated heterocycles. The highest BCUT2D eigenvalue weighted by Crippen LogP contribution is 2.23. The Labute approximate surface area is 127 Å². The molecule has 0 spiro atoms. The molecule has 0 fully saturated rings. The van der Waals surface area contributed by atoms with Gasteiger partial charge < -0.3 is 15.4 Å². The number of hydrogen-bond donors (Lipinski definition) is 1. The van der Waals surface area contributed by atoms with Crippen molar-refractivity contribution in [2.75, 3.05) is 20.2 Å². The maximum Gasteiger partial charge on any atom is 0.229 e. The number of nitrogens with zero attached hydrogens (tertiary/aromatic N) is 1. The summed E-state index contributed by atoms with van der Waals surface area (Å²) in [6.45, 7) is 8.93. The largest absolute Gasteiger partial charge is 0.490 e. The van der Waals surface area contributed by atoms with Gasteiger partial charge in [-0.25, -0.2) is 0 Å². The highest BCUT2D eigenvalue weighted by Gasteiger charge is 2.32. The van der Waals surface area contributed by atoms with Crippen LogP contribution in [0.25, 0.3) is 0 Å². The molecule has 1 amide bonds. The van der Waals surface area contributed by atoms with Crippen molar-refractivity contribution in [3.63, 3.8) is 0 Å². The topological polar surface area (TPSA) is 55.6 Å². The summed E-state index contributed by atoms with van der Waals surface area (Å²) < 4.78 is 5.44. The van der Waals surface area contributed by atoms with Crippen molar-refractivity contribution < 1.29 is 9.53 Å². The fourth-order valence-electron chi connectivity index (χ4n) is 2.04. The van der Waals surface area contributed by atoms with E-state index < -0.39 is 5.41 Å². The summed E-state index contributed by atoms with van der Waals surface area (Å²) in [6.07, 6.45) is 2.44. The van der Waals surface area contributed by atoms with Crippen LogP contribution in [-0.2, 0) is 11.3 Å². The number of amides is 1. The molecule has 0 heterocycles. The van der Waals surface area contributed by atoms with Gasteiger partial charge in [-0.15, -0.1) is 0 Å². The monoisotopic (exact) mass is 290 g/mol. The maximum atomic E-state index is 12.4. The van der Waals surface area contributed by atoms with Crippen LogP contribution in [0.2, 0.25) is 0 Å². The smallest absolute Gasteiger partial charge is 0.229 e. The van der Waals surface area contributed by atoms with Crippen LogP contribution in [0.3, 0.4) is 0 Å². The van der Waals surface area contributed by atoms with Crippen LogP contribution in [0, 0.1) is 5.41 Å². The molecule has 21 heavy (non-hydrogen) atoms. The van der Waals surface area contributed by atoms with Crippen molar-refractivity contribution in [2.45, 2.75) is 26.8 Å². The van der Waals surface area contributed by atoms with E-state index in [-0.39, 0.29) is 5.91 Å². The van der Waals surface area contributed by atoms with Crippen molar-refractivity contribution >= 4 is 5.91 Å². The number of ether oxygens (including phenoxy) is 1. The summed E-state index contributed by atoms with van der Waals surface area (Å²) in [4.78, 5) is 14.2. The van der Waals surface area contributed by atoms with E-state index in [0.717, 1.165) is 17.7 Å². The summed E-state index contributed by atoms with van der Waals surface area (Å²) in [6, 6.07) is 7.74. The molecular formula is C17H26N2O2. The van der Waals surface area contributed by atoms with Crippen molar-refractivity contribution in [3.8, 4) is 5.75 Å². The molecule has 0 radical (unpaired) electrons. The molecule has 2 N–H and O–H groups in total. The van der Waals surface area contributed by atoms with E-state index >= 15 is 0 Å². The second kappa shape index (κ2) is 7.84. The predicted octanol–water partition coefficient (Wildman–Crippen LogP) is 2.58. The third-order valence-electron chi connectivity index (χ3n) is 3.80. The molecule has 0 bridgehead atoms. The lowest BCUT2D eigenvalue weighted by Crippen LogP contribution is -2.44. The Balaban J connectivity index is 2.68. The highest BCUT2D eigenvalue weighted by atomic mass is 16.5. The molecule has 1 unspecified atom stereocenters. The van der Waals surface area contributed by atoms with Crippen LogP contribution in [0.1, 0.15) is 25.8 Å². The minimum Gasteiger partial charge on any atom is -0.490 e. The zero-order valence-corrected chi connectivity index (χ0v) is 13.3. The Kier molecular flexibility index (Phi) is 6.43. The molecule has 1 aromatic carbocycles. The average molecular weight is 290 g/mol. The van der Waals surface area contributed by atoms with E-state index in [9.17, 15) is 4.79 Å². The van der Waals surface area contributed by atoms with E-state index in [1.807, 2.05) is 45.2 Å². The number of hydrogen-bond acceptors (Lipinski definition) is 3. The minimum absolute atomic E-state index is 0.0829. The molecule has 4 heteroatoms. The van der Waals surface area contributed by atoms with Gasteiger partial charge in [-0.1, -0.05) is 31.7 Å². The maximum absolute atomic E-state index is 12.4. The van der Waals surface area contributed by atoms with Crippen LogP contribution in [0.15, 0.2) is 36.9 Å². The van der Waals surface area contributed by atoms with Crippen molar-refractivity contribution in [1.29, 1.82) is 0 Å².